The Balaban J connectivity index is 2.14. The highest BCUT2D eigenvalue weighted by molar-refractivity contribution is 6.31. The van der Waals surface area contributed by atoms with Crippen molar-refractivity contribution >= 4 is 17.6 Å². The summed E-state index contributed by atoms with van der Waals surface area (Å²) in [7, 11) is 0. The van der Waals surface area contributed by atoms with Gasteiger partial charge in [0, 0.05) is 5.02 Å². The van der Waals surface area contributed by atoms with Gasteiger partial charge in [0.2, 0.25) is 0 Å². The van der Waals surface area contributed by atoms with Crippen LogP contribution in [0.5, 0.6) is 5.75 Å². The Labute approximate surface area is 126 Å². The lowest BCUT2D eigenvalue weighted by atomic mass is 10.1. The summed E-state index contributed by atoms with van der Waals surface area (Å²) in [5.41, 5.74) is 1.32. The fourth-order valence-corrected chi connectivity index (χ4v) is 2.19. The highest BCUT2D eigenvalue weighted by atomic mass is 35.5. The van der Waals surface area contributed by atoms with Gasteiger partial charge in [0.25, 0.3) is 0 Å². The molecule has 3 nitrogen and oxygen atoms in total. The molecule has 0 aliphatic rings. The van der Waals surface area contributed by atoms with Crippen molar-refractivity contribution in [3.63, 3.8) is 0 Å². The van der Waals surface area contributed by atoms with Crippen LogP contribution in [0.3, 0.4) is 0 Å². The lowest BCUT2D eigenvalue weighted by Crippen LogP contribution is -2.02. The quantitative estimate of drug-likeness (QED) is 0.895. The number of aromatic carboxylic acids is 1. The average Bonchev–Trinajstić information content (AvgIpc) is 2.45. The smallest absolute Gasteiger partial charge is 0.335 e. The molecule has 0 aromatic heterocycles. The summed E-state index contributed by atoms with van der Waals surface area (Å²) in [6.45, 7) is 2.07. The normalized spacial score (nSPS) is 10.4. The van der Waals surface area contributed by atoms with Gasteiger partial charge >= 0.3 is 5.97 Å². The van der Waals surface area contributed by atoms with E-state index in [1.807, 2.05) is 13.0 Å². The summed E-state index contributed by atoms with van der Waals surface area (Å²) < 4.78 is 18.9. The number of carboxylic acids is 1. The molecule has 110 valence electrons. The van der Waals surface area contributed by atoms with Crippen molar-refractivity contribution in [1.29, 1.82) is 0 Å². The minimum Gasteiger partial charge on any atom is -0.489 e. The third-order valence-electron chi connectivity index (χ3n) is 3.01. The predicted octanol–water partition coefficient (Wildman–Crippen LogP) is 4.32. The fourth-order valence-electron chi connectivity index (χ4n) is 1.94. The van der Waals surface area contributed by atoms with E-state index in [9.17, 15) is 9.18 Å². The van der Waals surface area contributed by atoms with Crippen LogP contribution in [-0.2, 0) is 13.0 Å². The Morgan fingerprint density at radius 2 is 2.05 bits per heavy atom. The van der Waals surface area contributed by atoms with E-state index < -0.39 is 11.8 Å². The van der Waals surface area contributed by atoms with E-state index in [1.165, 1.54) is 12.1 Å². The number of aryl methyl sites for hydroxylation is 1. The van der Waals surface area contributed by atoms with Crippen LogP contribution in [0.2, 0.25) is 5.02 Å². The third kappa shape index (κ3) is 3.95. The first-order valence-corrected chi connectivity index (χ1v) is 6.81. The second-order valence-electron chi connectivity index (χ2n) is 4.55. The predicted molar refractivity (Wildman–Crippen MR) is 78.5 cm³/mol. The third-order valence-corrected chi connectivity index (χ3v) is 3.38. The molecule has 1 N–H and O–H groups in total. The topological polar surface area (TPSA) is 46.5 Å². The van der Waals surface area contributed by atoms with E-state index in [2.05, 4.69) is 0 Å². The van der Waals surface area contributed by atoms with Crippen LogP contribution < -0.4 is 4.74 Å². The first kappa shape index (κ1) is 15.3. The Morgan fingerprint density at radius 3 is 2.71 bits per heavy atom. The Bertz CT molecular complexity index is 671. The van der Waals surface area contributed by atoms with Gasteiger partial charge in [-0.05, 0) is 53.9 Å². The summed E-state index contributed by atoms with van der Waals surface area (Å²) in [6.07, 6.45) is 0.777. The molecule has 0 aliphatic carbocycles. The SMILES string of the molecule is CCc1cc(OCc2cc(F)cc(C(=O)O)c2)ccc1Cl. The molecule has 0 unspecified atom stereocenters. The van der Waals surface area contributed by atoms with Crippen molar-refractivity contribution in [2.45, 2.75) is 20.0 Å². The van der Waals surface area contributed by atoms with Crippen LogP contribution in [0.15, 0.2) is 36.4 Å². The summed E-state index contributed by atoms with van der Waals surface area (Å²) >= 11 is 6.02. The molecule has 2 aromatic rings. The number of carbonyl (C=O) groups is 1. The molecule has 0 spiro atoms. The van der Waals surface area contributed by atoms with Gasteiger partial charge < -0.3 is 9.84 Å². The number of benzene rings is 2. The van der Waals surface area contributed by atoms with E-state index in [0.717, 1.165) is 18.1 Å². The van der Waals surface area contributed by atoms with E-state index in [4.69, 9.17) is 21.4 Å². The molecule has 2 rings (SSSR count). The summed E-state index contributed by atoms with van der Waals surface area (Å²) in [5, 5.41) is 9.57. The van der Waals surface area contributed by atoms with Crippen LogP contribution in [0.25, 0.3) is 0 Å². The van der Waals surface area contributed by atoms with Gasteiger partial charge in [-0.25, -0.2) is 9.18 Å². The number of hydrogen-bond acceptors (Lipinski definition) is 2. The van der Waals surface area contributed by atoms with Crippen molar-refractivity contribution in [3.8, 4) is 5.75 Å². The largest absolute Gasteiger partial charge is 0.489 e. The maximum Gasteiger partial charge on any atom is 0.335 e. The molecule has 0 aliphatic heterocycles. The Morgan fingerprint density at radius 1 is 1.29 bits per heavy atom. The van der Waals surface area contributed by atoms with Crippen LogP contribution in [0, 0.1) is 5.82 Å². The molecule has 21 heavy (non-hydrogen) atoms. The summed E-state index contributed by atoms with van der Waals surface area (Å²) in [4.78, 5) is 10.9. The molecular weight excluding hydrogens is 295 g/mol. The van der Waals surface area contributed by atoms with Gasteiger partial charge in [-0.2, -0.15) is 0 Å². The molecular formula is C16H14ClFO3. The number of halogens is 2. The molecule has 5 heteroatoms. The second-order valence-corrected chi connectivity index (χ2v) is 4.96. The number of ether oxygens (including phenoxy) is 1. The highest BCUT2D eigenvalue weighted by Crippen LogP contribution is 2.23. The minimum absolute atomic E-state index is 0.0861. The first-order valence-electron chi connectivity index (χ1n) is 6.43. The zero-order chi connectivity index (χ0) is 15.4. The summed E-state index contributed by atoms with van der Waals surface area (Å²) in [6, 6.07) is 8.90. The number of hydrogen-bond donors (Lipinski definition) is 1. The summed E-state index contributed by atoms with van der Waals surface area (Å²) in [5.74, 6) is -1.16. The van der Waals surface area contributed by atoms with Crippen LogP contribution >= 0.6 is 11.6 Å². The molecule has 0 heterocycles. The molecule has 0 saturated heterocycles. The second kappa shape index (κ2) is 6.59. The Hall–Kier alpha value is -2.07. The van der Waals surface area contributed by atoms with Gasteiger partial charge in [-0.1, -0.05) is 18.5 Å². The van der Waals surface area contributed by atoms with Gasteiger partial charge in [-0.15, -0.1) is 0 Å². The fraction of sp³-hybridized carbons (Fsp3) is 0.188. The lowest BCUT2D eigenvalue weighted by Gasteiger charge is -2.09. The highest BCUT2D eigenvalue weighted by Gasteiger charge is 2.08. The lowest BCUT2D eigenvalue weighted by molar-refractivity contribution is 0.0696. The van der Waals surface area contributed by atoms with Crippen LogP contribution in [-0.4, -0.2) is 11.1 Å². The van der Waals surface area contributed by atoms with Crippen molar-refractivity contribution < 1.29 is 19.0 Å². The maximum absolute atomic E-state index is 13.3. The minimum atomic E-state index is -1.17. The monoisotopic (exact) mass is 308 g/mol. The van der Waals surface area contributed by atoms with Crippen LogP contribution in [0.4, 0.5) is 4.39 Å². The average molecular weight is 309 g/mol. The van der Waals surface area contributed by atoms with Gasteiger partial charge in [0.1, 0.15) is 18.2 Å². The first-order chi connectivity index (χ1) is 9.99. The number of carboxylic acid groups (broad SMARTS) is 1. The van der Waals surface area contributed by atoms with Gasteiger partial charge in [0.15, 0.2) is 0 Å². The van der Waals surface area contributed by atoms with Crippen LogP contribution in [0.1, 0.15) is 28.4 Å². The molecule has 0 atom stereocenters. The van der Waals surface area contributed by atoms with Crippen molar-refractivity contribution in [3.05, 3.63) is 63.9 Å². The molecule has 0 amide bonds. The van der Waals surface area contributed by atoms with E-state index in [1.54, 1.807) is 12.1 Å². The number of rotatable bonds is 5. The van der Waals surface area contributed by atoms with Gasteiger partial charge in [0.05, 0.1) is 5.56 Å². The van der Waals surface area contributed by atoms with E-state index in [0.29, 0.717) is 16.3 Å². The van der Waals surface area contributed by atoms with E-state index >= 15 is 0 Å². The van der Waals surface area contributed by atoms with Crippen molar-refractivity contribution in [2.24, 2.45) is 0 Å². The van der Waals surface area contributed by atoms with Crippen molar-refractivity contribution in [1.82, 2.24) is 0 Å². The molecule has 0 bridgehead atoms. The van der Waals surface area contributed by atoms with Crippen molar-refractivity contribution in [2.75, 3.05) is 0 Å². The zero-order valence-electron chi connectivity index (χ0n) is 11.4. The standard InChI is InChI=1S/C16H14ClFO3/c1-2-11-8-14(3-4-15(11)17)21-9-10-5-12(16(19)20)7-13(18)6-10/h3-8H,2,9H2,1H3,(H,19,20). The molecule has 0 radical (unpaired) electrons. The zero-order valence-corrected chi connectivity index (χ0v) is 12.2. The van der Waals surface area contributed by atoms with E-state index in [-0.39, 0.29) is 12.2 Å². The maximum atomic E-state index is 13.3. The Kier molecular flexibility index (Phi) is 4.81. The molecule has 0 fully saturated rings. The molecule has 0 saturated carbocycles. The van der Waals surface area contributed by atoms with Gasteiger partial charge in [-0.3, -0.25) is 0 Å². The molecule has 2 aromatic carbocycles.